The number of H-pyrrole nitrogens is 1. The second-order valence-corrected chi connectivity index (χ2v) is 7.73. The quantitative estimate of drug-likeness (QED) is 0.669. The van der Waals surface area contributed by atoms with Crippen LogP contribution in [0.2, 0.25) is 0 Å². The Balaban J connectivity index is 1.67. The van der Waals surface area contributed by atoms with E-state index in [9.17, 15) is 0 Å². The summed E-state index contributed by atoms with van der Waals surface area (Å²) in [4.78, 5) is 14.4. The van der Waals surface area contributed by atoms with E-state index in [4.69, 9.17) is 9.97 Å². The van der Waals surface area contributed by atoms with Gasteiger partial charge in [-0.2, -0.15) is 5.10 Å². The number of aryl methyl sites for hydroxylation is 2. The van der Waals surface area contributed by atoms with Gasteiger partial charge in [-0.05, 0) is 26.0 Å². The molecule has 0 saturated carbocycles. The van der Waals surface area contributed by atoms with Crippen LogP contribution in [0.25, 0.3) is 11.4 Å². The largest absolute Gasteiger partial charge is 0.354 e. The maximum atomic E-state index is 4.90. The molecule has 0 spiro atoms. The molecule has 1 fully saturated rings. The molecule has 1 aromatic carbocycles. The Morgan fingerprint density at radius 1 is 1.00 bits per heavy atom. The van der Waals surface area contributed by atoms with Gasteiger partial charge in [0, 0.05) is 49.6 Å². The smallest absolute Gasteiger partial charge is 0.163 e. The summed E-state index contributed by atoms with van der Waals surface area (Å²) in [6.45, 7) is 8.17. The highest BCUT2D eigenvalue weighted by Gasteiger charge is 2.18. The van der Waals surface area contributed by atoms with Crippen LogP contribution in [0.4, 0.5) is 17.5 Å². The average molecular weight is 392 g/mol. The summed E-state index contributed by atoms with van der Waals surface area (Å²) in [7, 11) is 2.16. The van der Waals surface area contributed by atoms with Crippen molar-refractivity contribution >= 4 is 17.5 Å². The fourth-order valence-electron chi connectivity index (χ4n) is 3.55. The van der Waals surface area contributed by atoms with E-state index in [1.807, 2.05) is 19.1 Å². The molecule has 0 atom stereocenters. The van der Waals surface area contributed by atoms with Gasteiger partial charge in [-0.3, -0.25) is 5.10 Å². The van der Waals surface area contributed by atoms with Gasteiger partial charge in [0.15, 0.2) is 11.6 Å². The first kappa shape index (κ1) is 19.4. The van der Waals surface area contributed by atoms with Crippen LogP contribution in [0.15, 0.2) is 36.4 Å². The van der Waals surface area contributed by atoms with E-state index < -0.39 is 0 Å². The number of aromatic nitrogens is 4. The highest BCUT2D eigenvalue weighted by Crippen LogP contribution is 2.25. The number of nitrogens with one attached hydrogen (secondary N) is 2. The van der Waals surface area contributed by atoms with Crippen molar-refractivity contribution < 1.29 is 0 Å². The van der Waals surface area contributed by atoms with Gasteiger partial charge in [0.2, 0.25) is 0 Å². The molecule has 0 amide bonds. The molecule has 152 valence electrons. The number of piperazine rings is 1. The van der Waals surface area contributed by atoms with E-state index in [1.54, 1.807) is 0 Å². The molecule has 3 aromatic rings. The van der Waals surface area contributed by atoms with Crippen molar-refractivity contribution in [1.82, 2.24) is 25.1 Å². The summed E-state index contributed by atoms with van der Waals surface area (Å²) in [5, 5.41) is 10.6. The maximum absolute atomic E-state index is 4.90. The van der Waals surface area contributed by atoms with Gasteiger partial charge in [0.05, 0.1) is 0 Å². The Morgan fingerprint density at radius 2 is 1.76 bits per heavy atom. The third kappa shape index (κ3) is 4.74. The minimum atomic E-state index is 0.735. The third-order valence-corrected chi connectivity index (χ3v) is 5.25. The van der Waals surface area contributed by atoms with Crippen LogP contribution in [0.1, 0.15) is 24.6 Å². The summed E-state index contributed by atoms with van der Waals surface area (Å²) in [5.41, 5.74) is 3.38. The summed E-state index contributed by atoms with van der Waals surface area (Å²) < 4.78 is 0. The lowest BCUT2D eigenvalue weighted by molar-refractivity contribution is 0.312. The Labute approximate surface area is 172 Å². The number of hydrogen-bond acceptors (Lipinski definition) is 6. The van der Waals surface area contributed by atoms with Crippen molar-refractivity contribution in [3.8, 4) is 11.4 Å². The van der Waals surface area contributed by atoms with Gasteiger partial charge < -0.3 is 15.1 Å². The van der Waals surface area contributed by atoms with Crippen LogP contribution in [0, 0.1) is 6.92 Å². The number of nitrogens with zero attached hydrogens (tertiary/aromatic N) is 5. The molecule has 3 heterocycles. The molecule has 29 heavy (non-hydrogen) atoms. The standard InChI is InChI=1S/C22H29N7/c1-4-5-17-6-8-18(9-7-17)22-24-19(23-20-14-16(2)26-27-20)15-21(25-22)29-12-10-28(3)11-13-29/h6-9,14-15H,4-5,10-13H2,1-3H3,(H2,23,24,25,26,27). The first-order chi connectivity index (χ1) is 14.1. The minimum absolute atomic E-state index is 0.735. The predicted octanol–water partition coefficient (Wildman–Crippen LogP) is 3.62. The van der Waals surface area contributed by atoms with E-state index >= 15 is 0 Å². The number of benzene rings is 1. The van der Waals surface area contributed by atoms with Gasteiger partial charge >= 0.3 is 0 Å². The lowest BCUT2D eigenvalue weighted by Crippen LogP contribution is -2.44. The second-order valence-electron chi connectivity index (χ2n) is 7.73. The molecule has 0 radical (unpaired) electrons. The molecule has 0 aliphatic carbocycles. The van der Waals surface area contributed by atoms with Crippen LogP contribution in [0.5, 0.6) is 0 Å². The van der Waals surface area contributed by atoms with E-state index in [1.165, 1.54) is 5.56 Å². The molecule has 4 rings (SSSR count). The zero-order valence-corrected chi connectivity index (χ0v) is 17.4. The van der Waals surface area contributed by atoms with E-state index in [0.29, 0.717) is 0 Å². The maximum Gasteiger partial charge on any atom is 0.163 e. The Morgan fingerprint density at radius 3 is 2.41 bits per heavy atom. The van der Waals surface area contributed by atoms with Crippen LogP contribution >= 0.6 is 0 Å². The average Bonchev–Trinajstić information content (AvgIpc) is 3.13. The van der Waals surface area contributed by atoms with Gasteiger partial charge in [-0.1, -0.05) is 37.6 Å². The van der Waals surface area contributed by atoms with Crippen LogP contribution in [0.3, 0.4) is 0 Å². The molecule has 2 aromatic heterocycles. The summed E-state index contributed by atoms with van der Waals surface area (Å²) in [6, 6.07) is 12.6. The fraction of sp³-hybridized carbons (Fsp3) is 0.409. The monoisotopic (exact) mass is 391 g/mol. The Hall–Kier alpha value is -2.93. The third-order valence-electron chi connectivity index (χ3n) is 5.25. The molecule has 1 aliphatic rings. The van der Waals surface area contributed by atoms with Gasteiger partial charge in [0.25, 0.3) is 0 Å². The zero-order chi connectivity index (χ0) is 20.2. The first-order valence-electron chi connectivity index (χ1n) is 10.3. The molecule has 7 nitrogen and oxygen atoms in total. The topological polar surface area (TPSA) is 73.0 Å². The van der Waals surface area contributed by atoms with Gasteiger partial charge in [-0.15, -0.1) is 0 Å². The SMILES string of the molecule is CCCc1ccc(-c2nc(Nc3cc(C)[nH]n3)cc(N3CCN(C)CC3)n2)cc1. The lowest BCUT2D eigenvalue weighted by atomic mass is 10.1. The summed E-state index contributed by atoms with van der Waals surface area (Å²) in [6.07, 6.45) is 2.24. The summed E-state index contributed by atoms with van der Waals surface area (Å²) in [5.74, 6) is 3.21. The molecule has 1 saturated heterocycles. The number of likely N-dealkylation sites (N-methyl/N-ethyl adjacent to an activating group) is 1. The number of rotatable bonds is 6. The van der Waals surface area contributed by atoms with Crippen molar-refractivity contribution in [2.24, 2.45) is 0 Å². The van der Waals surface area contributed by atoms with Crippen molar-refractivity contribution in [2.75, 3.05) is 43.4 Å². The van der Waals surface area contributed by atoms with Crippen molar-refractivity contribution in [1.29, 1.82) is 0 Å². The van der Waals surface area contributed by atoms with Gasteiger partial charge in [0.1, 0.15) is 11.6 Å². The van der Waals surface area contributed by atoms with Gasteiger partial charge in [-0.25, -0.2) is 9.97 Å². The molecule has 7 heteroatoms. The predicted molar refractivity (Wildman–Crippen MR) is 118 cm³/mol. The van der Waals surface area contributed by atoms with E-state index in [-0.39, 0.29) is 0 Å². The molecular weight excluding hydrogens is 362 g/mol. The number of anilines is 3. The number of aromatic amines is 1. The van der Waals surface area contributed by atoms with Crippen molar-refractivity contribution in [3.05, 3.63) is 47.7 Å². The lowest BCUT2D eigenvalue weighted by Gasteiger charge is -2.33. The molecule has 0 unspecified atom stereocenters. The molecule has 0 bridgehead atoms. The molecular formula is C22H29N7. The van der Waals surface area contributed by atoms with E-state index in [2.05, 4.69) is 63.6 Å². The Bertz CT molecular complexity index is 940. The number of hydrogen-bond donors (Lipinski definition) is 2. The second kappa shape index (κ2) is 8.61. The Kier molecular flexibility index (Phi) is 5.76. The van der Waals surface area contributed by atoms with E-state index in [0.717, 1.165) is 73.6 Å². The first-order valence-corrected chi connectivity index (χ1v) is 10.3. The van der Waals surface area contributed by atoms with Crippen molar-refractivity contribution in [3.63, 3.8) is 0 Å². The normalized spacial score (nSPS) is 14.9. The minimum Gasteiger partial charge on any atom is -0.354 e. The summed E-state index contributed by atoms with van der Waals surface area (Å²) >= 11 is 0. The van der Waals surface area contributed by atoms with Crippen LogP contribution < -0.4 is 10.2 Å². The highest BCUT2D eigenvalue weighted by molar-refractivity contribution is 5.64. The fourth-order valence-corrected chi connectivity index (χ4v) is 3.55. The molecule has 1 aliphatic heterocycles. The zero-order valence-electron chi connectivity index (χ0n) is 17.4. The highest BCUT2D eigenvalue weighted by atomic mass is 15.3. The van der Waals surface area contributed by atoms with Crippen LogP contribution in [-0.4, -0.2) is 58.3 Å². The van der Waals surface area contributed by atoms with Crippen LogP contribution in [-0.2, 0) is 6.42 Å². The van der Waals surface area contributed by atoms with Crippen molar-refractivity contribution in [2.45, 2.75) is 26.7 Å². The molecule has 2 N–H and O–H groups in total.